The summed E-state index contributed by atoms with van der Waals surface area (Å²) in [5, 5.41) is 13.4. The lowest BCUT2D eigenvalue weighted by Crippen LogP contribution is -2.36. The number of carbonyl (C=O) groups is 2. The van der Waals surface area contributed by atoms with Crippen molar-refractivity contribution in [3.63, 3.8) is 0 Å². The highest BCUT2D eigenvalue weighted by molar-refractivity contribution is 6.04. The maximum Gasteiger partial charge on any atom is 0.336 e. The molecule has 4 rings (SSSR count). The number of phenolic OH excluding ortho intramolecular Hbond substituents is 1. The van der Waals surface area contributed by atoms with Crippen molar-refractivity contribution in [3.8, 4) is 17.2 Å². The van der Waals surface area contributed by atoms with E-state index in [0.717, 1.165) is 17.0 Å². The average molecular weight is 464 g/mol. The zero-order chi connectivity index (χ0) is 24.4. The number of para-hydroxylation sites is 1. The molecule has 2 aromatic rings. The standard InChI is InChI=1S/C27H29NO6/c1-5-34-27(31)24-15(2)28-19-12-17(18-8-6-7-9-22(18)32-3)13-21(30)26(19)25(24)16-10-11-20(29)23(14-16)33-4/h6-11,14,17,25,28-29H,5,12-13H2,1-4H3. The Labute approximate surface area is 199 Å². The molecule has 0 aromatic heterocycles. The quantitative estimate of drug-likeness (QED) is 0.616. The Morgan fingerprint density at radius 2 is 1.82 bits per heavy atom. The summed E-state index contributed by atoms with van der Waals surface area (Å²) in [6.07, 6.45) is 0.891. The van der Waals surface area contributed by atoms with Crippen LogP contribution >= 0.6 is 0 Å². The molecule has 2 aliphatic rings. The van der Waals surface area contributed by atoms with Crippen LogP contribution in [-0.2, 0) is 14.3 Å². The number of phenols is 1. The van der Waals surface area contributed by atoms with E-state index in [1.807, 2.05) is 31.2 Å². The number of Topliss-reactive ketones (excluding diaryl/α,β-unsaturated/α-hetero) is 1. The molecule has 0 radical (unpaired) electrons. The first kappa shape index (κ1) is 23.4. The van der Waals surface area contributed by atoms with Gasteiger partial charge in [-0.2, -0.15) is 0 Å². The number of carbonyl (C=O) groups excluding carboxylic acids is 2. The lowest BCUT2D eigenvalue weighted by Gasteiger charge is -2.37. The number of nitrogens with one attached hydrogen (secondary N) is 1. The topological polar surface area (TPSA) is 94.1 Å². The third kappa shape index (κ3) is 4.14. The highest BCUT2D eigenvalue weighted by Crippen LogP contribution is 2.47. The highest BCUT2D eigenvalue weighted by Gasteiger charge is 2.42. The largest absolute Gasteiger partial charge is 0.504 e. The van der Waals surface area contributed by atoms with Crippen LogP contribution in [-0.4, -0.2) is 37.7 Å². The normalized spacial score (nSPS) is 19.9. The Hall–Kier alpha value is -3.74. The van der Waals surface area contributed by atoms with Gasteiger partial charge in [0.05, 0.1) is 26.4 Å². The molecule has 0 saturated heterocycles. The second kappa shape index (κ2) is 9.63. The SMILES string of the molecule is CCOC(=O)C1=C(C)NC2=C(C(=O)CC(c3ccccc3OC)C2)C1c1ccc(O)c(OC)c1. The highest BCUT2D eigenvalue weighted by atomic mass is 16.5. The van der Waals surface area contributed by atoms with E-state index in [2.05, 4.69) is 5.32 Å². The molecule has 2 unspecified atom stereocenters. The van der Waals surface area contributed by atoms with Crippen LogP contribution in [0.1, 0.15) is 49.7 Å². The summed E-state index contributed by atoms with van der Waals surface area (Å²) in [7, 11) is 3.09. The zero-order valence-corrected chi connectivity index (χ0v) is 19.8. The smallest absolute Gasteiger partial charge is 0.336 e. The monoisotopic (exact) mass is 463 g/mol. The Morgan fingerprint density at radius 3 is 2.53 bits per heavy atom. The van der Waals surface area contributed by atoms with E-state index in [1.54, 1.807) is 26.2 Å². The van der Waals surface area contributed by atoms with E-state index in [-0.39, 0.29) is 29.8 Å². The van der Waals surface area contributed by atoms with Crippen LogP contribution in [0.25, 0.3) is 0 Å². The van der Waals surface area contributed by atoms with E-state index in [1.165, 1.54) is 13.2 Å². The fourth-order valence-corrected chi connectivity index (χ4v) is 4.95. The summed E-state index contributed by atoms with van der Waals surface area (Å²) < 4.78 is 16.2. The van der Waals surface area contributed by atoms with Crippen molar-refractivity contribution in [1.29, 1.82) is 0 Å². The van der Waals surface area contributed by atoms with E-state index < -0.39 is 11.9 Å². The number of esters is 1. The van der Waals surface area contributed by atoms with Crippen molar-refractivity contribution < 1.29 is 28.9 Å². The third-order valence-electron chi connectivity index (χ3n) is 6.44. The predicted octanol–water partition coefficient (Wildman–Crippen LogP) is 4.33. The summed E-state index contributed by atoms with van der Waals surface area (Å²) in [6, 6.07) is 12.6. The van der Waals surface area contributed by atoms with Gasteiger partial charge in [-0.15, -0.1) is 0 Å². The van der Waals surface area contributed by atoms with Gasteiger partial charge in [0.15, 0.2) is 17.3 Å². The maximum atomic E-state index is 13.7. The summed E-state index contributed by atoms with van der Waals surface area (Å²) in [5.74, 6) is -0.197. The van der Waals surface area contributed by atoms with Crippen LogP contribution in [0.2, 0.25) is 0 Å². The van der Waals surface area contributed by atoms with Gasteiger partial charge in [-0.25, -0.2) is 4.79 Å². The van der Waals surface area contributed by atoms with Crippen molar-refractivity contribution in [3.05, 3.63) is 76.1 Å². The van der Waals surface area contributed by atoms with Gasteiger partial charge in [0.25, 0.3) is 0 Å². The molecule has 178 valence electrons. The Bertz CT molecular complexity index is 1200. The molecule has 0 bridgehead atoms. The van der Waals surface area contributed by atoms with E-state index in [0.29, 0.717) is 35.2 Å². The number of aromatic hydroxyl groups is 1. The molecule has 2 N–H and O–H groups in total. The van der Waals surface area contributed by atoms with Crippen LogP contribution in [0, 0.1) is 0 Å². The lowest BCUT2D eigenvalue weighted by atomic mass is 9.71. The number of allylic oxidation sites excluding steroid dienone is 3. The Morgan fingerprint density at radius 1 is 1.09 bits per heavy atom. The van der Waals surface area contributed by atoms with Gasteiger partial charge in [-0.1, -0.05) is 24.3 Å². The molecule has 0 amide bonds. The third-order valence-corrected chi connectivity index (χ3v) is 6.44. The van der Waals surface area contributed by atoms with Crippen molar-refractivity contribution >= 4 is 11.8 Å². The van der Waals surface area contributed by atoms with Gasteiger partial charge in [-0.3, -0.25) is 4.79 Å². The molecule has 7 nitrogen and oxygen atoms in total. The van der Waals surface area contributed by atoms with Crippen LogP contribution in [0.3, 0.4) is 0 Å². The first-order valence-electron chi connectivity index (χ1n) is 11.3. The number of methoxy groups -OCH3 is 2. The fraction of sp³-hybridized carbons (Fsp3) is 0.333. The van der Waals surface area contributed by atoms with Crippen LogP contribution in [0.5, 0.6) is 17.2 Å². The maximum absolute atomic E-state index is 13.7. The number of benzene rings is 2. The van der Waals surface area contributed by atoms with Crippen molar-refractivity contribution in [2.24, 2.45) is 0 Å². The minimum absolute atomic E-state index is 0.0148. The van der Waals surface area contributed by atoms with Crippen LogP contribution < -0.4 is 14.8 Å². The molecule has 1 aliphatic carbocycles. The van der Waals surface area contributed by atoms with E-state index in [4.69, 9.17) is 14.2 Å². The minimum Gasteiger partial charge on any atom is -0.504 e. The molecule has 0 saturated carbocycles. The number of hydrogen-bond donors (Lipinski definition) is 2. The van der Waals surface area contributed by atoms with Gasteiger partial charge in [-0.05, 0) is 49.6 Å². The number of ketones is 1. The first-order valence-corrected chi connectivity index (χ1v) is 11.3. The molecule has 34 heavy (non-hydrogen) atoms. The van der Waals surface area contributed by atoms with Gasteiger partial charge >= 0.3 is 5.97 Å². The van der Waals surface area contributed by atoms with Crippen LogP contribution in [0.15, 0.2) is 65.0 Å². The molecule has 1 heterocycles. The zero-order valence-electron chi connectivity index (χ0n) is 19.8. The van der Waals surface area contributed by atoms with Gasteiger partial charge in [0, 0.05) is 35.2 Å². The van der Waals surface area contributed by atoms with E-state index in [9.17, 15) is 14.7 Å². The molecule has 1 aliphatic heterocycles. The summed E-state index contributed by atoms with van der Waals surface area (Å²) in [5.41, 5.74) is 4.02. The fourth-order valence-electron chi connectivity index (χ4n) is 4.95. The summed E-state index contributed by atoms with van der Waals surface area (Å²) in [4.78, 5) is 26.7. The molecule has 2 atom stereocenters. The summed E-state index contributed by atoms with van der Waals surface area (Å²) >= 11 is 0. The van der Waals surface area contributed by atoms with Gasteiger partial charge in [0.1, 0.15) is 5.75 Å². The number of hydrogen-bond acceptors (Lipinski definition) is 7. The molecular weight excluding hydrogens is 434 g/mol. The molecule has 7 heteroatoms. The molecule has 0 fully saturated rings. The number of dihydropyridines is 1. The van der Waals surface area contributed by atoms with Gasteiger partial charge < -0.3 is 24.6 Å². The minimum atomic E-state index is -0.629. The van der Waals surface area contributed by atoms with Crippen molar-refractivity contribution in [1.82, 2.24) is 5.32 Å². The average Bonchev–Trinajstić information content (AvgIpc) is 2.83. The predicted molar refractivity (Wildman–Crippen MR) is 127 cm³/mol. The molecular formula is C27H29NO6. The number of rotatable bonds is 6. The second-order valence-electron chi connectivity index (χ2n) is 8.41. The Balaban J connectivity index is 1.83. The molecule has 0 spiro atoms. The van der Waals surface area contributed by atoms with Crippen LogP contribution in [0.4, 0.5) is 0 Å². The lowest BCUT2D eigenvalue weighted by molar-refractivity contribution is -0.138. The van der Waals surface area contributed by atoms with Crippen molar-refractivity contribution in [2.45, 2.75) is 38.5 Å². The van der Waals surface area contributed by atoms with E-state index >= 15 is 0 Å². The Kier molecular flexibility index (Phi) is 6.63. The van der Waals surface area contributed by atoms with Crippen molar-refractivity contribution in [2.75, 3.05) is 20.8 Å². The number of ether oxygens (including phenoxy) is 3. The second-order valence-corrected chi connectivity index (χ2v) is 8.41. The molecule has 2 aromatic carbocycles. The van der Waals surface area contributed by atoms with Gasteiger partial charge in [0.2, 0.25) is 0 Å². The summed E-state index contributed by atoms with van der Waals surface area (Å²) in [6.45, 7) is 3.78. The first-order chi connectivity index (χ1) is 16.4.